The van der Waals surface area contributed by atoms with Crippen LogP contribution in [-0.4, -0.2) is 45.2 Å². The monoisotopic (exact) mass is 231 g/mol. The summed E-state index contributed by atoms with van der Waals surface area (Å²) in [5.74, 6) is 0.413. The van der Waals surface area contributed by atoms with Crippen molar-refractivity contribution in [3.63, 3.8) is 0 Å². The highest BCUT2D eigenvalue weighted by atomic mass is 32.2. The van der Waals surface area contributed by atoms with Crippen molar-refractivity contribution in [2.45, 2.75) is 30.6 Å². The number of nitrogens with zero attached hydrogens (tertiary/aromatic N) is 4. The van der Waals surface area contributed by atoms with Crippen LogP contribution < -0.4 is 5.32 Å². The number of aromatic nitrogens is 4. The fraction of sp³-hybridized carbons (Fsp3) is 0.875. The maximum Gasteiger partial charge on any atom is 0.209 e. The first-order valence-corrected chi connectivity index (χ1v) is 6.07. The number of tetrazole rings is 1. The molecule has 0 spiro atoms. The van der Waals surface area contributed by atoms with Crippen LogP contribution in [0, 0.1) is 0 Å². The second-order valence-electron chi connectivity index (χ2n) is 3.45. The third-order valence-electron chi connectivity index (χ3n) is 2.14. The standard InChI is InChI=1S/C8H14FN5S/c9-3-6-15-8-11-12-13-14(8)5-4-10-7-1-2-7/h7,10H,1-6H2. The Morgan fingerprint density at radius 3 is 3.13 bits per heavy atom. The molecule has 0 bridgehead atoms. The van der Waals surface area contributed by atoms with E-state index in [1.807, 2.05) is 0 Å². The summed E-state index contributed by atoms with van der Waals surface area (Å²) in [6, 6.07) is 0.698. The lowest BCUT2D eigenvalue weighted by molar-refractivity contribution is 0.507. The quantitative estimate of drug-likeness (QED) is 0.692. The van der Waals surface area contributed by atoms with Gasteiger partial charge in [0.2, 0.25) is 5.16 Å². The molecular weight excluding hydrogens is 217 g/mol. The Hall–Kier alpha value is -0.690. The Bertz CT molecular complexity index is 301. The second-order valence-corrected chi connectivity index (χ2v) is 4.51. The summed E-state index contributed by atoms with van der Waals surface area (Å²) >= 11 is 1.35. The van der Waals surface area contributed by atoms with E-state index in [9.17, 15) is 4.39 Å². The van der Waals surface area contributed by atoms with Crippen molar-refractivity contribution in [3.05, 3.63) is 0 Å². The van der Waals surface area contributed by atoms with Crippen LogP contribution in [0.2, 0.25) is 0 Å². The van der Waals surface area contributed by atoms with Gasteiger partial charge in [-0.25, -0.2) is 4.68 Å². The van der Waals surface area contributed by atoms with Crippen LogP contribution in [0.5, 0.6) is 0 Å². The van der Waals surface area contributed by atoms with E-state index in [-0.39, 0.29) is 6.67 Å². The van der Waals surface area contributed by atoms with E-state index in [1.54, 1.807) is 4.68 Å². The van der Waals surface area contributed by atoms with Gasteiger partial charge in [-0.1, -0.05) is 11.8 Å². The summed E-state index contributed by atoms with van der Waals surface area (Å²) < 4.78 is 13.7. The summed E-state index contributed by atoms with van der Waals surface area (Å²) in [5.41, 5.74) is 0. The fourth-order valence-corrected chi connectivity index (χ4v) is 1.86. The molecule has 84 valence electrons. The van der Waals surface area contributed by atoms with Crippen molar-refractivity contribution in [2.24, 2.45) is 0 Å². The molecule has 5 nitrogen and oxygen atoms in total. The van der Waals surface area contributed by atoms with Gasteiger partial charge >= 0.3 is 0 Å². The van der Waals surface area contributed by atoms with E-state index in [4.69, 9.17) is 0 Å². The van der Waals surface area contributed by atoms with Crippen molar-refractivity contribution < 1.29 is 4.39 Å². The highest BCUT2D eigenvalue weighted by Gasteiger charge is 2.19. The van der Waals surface area contributed by atoms with Gasteiger partial charge < -0.3 is 5.32 Å². The summed E-state index contributed by atoms with van der Waals surface area (Å²) in [6.07, 6.45) is 2.55. The highest BCUT2D eigenvalue weighted by molar-refractivity contribution is 7.99. The molecule has 1 aromatic rings. The first-order chi connectivity index (χ1) is 7.40. The Morgan fingerprint density at radius 1 is 1.53 bits per heavy atom. The average molecular weight is 231 g/mol. The first-order valence-electron chi connectivity index (χ1n) is 5.08. The molecule has 2 rings (SSSR count). The number of alkyl halides is 1. The normalized spacial score (nSPS) is 15.8. The minimum absolute atomic E-state index is 0.349. The fourth-order valence-electron chi connectivity index (χ4n) is 1.23. The SMILES string of the molecule is FCCSc1nnnn1CCNC1CC1. The molecule has 1 heterocycles. The van der Waals surface area contributed by atoms with E-state index in [0.29, 0.717) is 17.0 Å². The predicted molar refractivity (Wildman–Crippen MR) is 55.5 cm³/mol. The molecule has 1 saturated carbocycles. The van der Waals surface area contributed by atoms with Crippen molar-refractivity contribution in [1.82, 2.24) is 25.5 Å². The van der Waals surface area contributed by atoms with Crippen LogP contribution in [0.25, 0.3) is 0 Å². The zero-order valence-corrected chi connectivity index (χ0v) is 9.21. The molecule has 0 atom stereocenters. The van der Waals surface area contributed by atoms with Crippen molar-refractivity contribution in [1.29, 1.82) is 0 Å². The zero-order chi connectivity index (χ0) is 10.5. The van der Waals surface area contributed by atoms with Crippen LogP contribution >= 0.6 is 11.8 Å². The van der Waals surface area contributed by atoms with Crippen LogP contribution in [0.4, 0.5) is 4.39 Å². The molecule has 15 heavy (non-hydrogen) atoms. The van der Waals surface area contributed by atoms with Crippen molar-refractivity contribution in [3.8, 4) is 0 Å². The van der Waals surface area contributed by atoms with Gasteiger partial charge in [-0.05, 0) is 23.3 Å². The minimum atomic E-state index is -0.349. The molecule has 0 saturated heterocycles. The van der Waals surface area contributed by atoms with Crippen LogP contribution in [0.3, 0.4) is 0 Å². The molecule has 1 N–H and O–H groups in total. The van der Waals surface area contributed by atoms with E-state index in [2.05, 4.69) is 20.8 Å². The van der Waals surface area contributed by atoms with Crippen LogP contribution in [0.1, 0.15) is 12.8 Å². The molecule has 7 heteroatoms. The van der Waals surface area contributed by atoms with Gasteiger partial charge in [0.1, 0.15) is 0 Å². The Morgan fingerprint density at radius 2 is 2.40 bits per heavy atom. The summed E-state index contributed by atoms with van der Waals surface area (Å²) in [6.45, 7) is 1.27. The molecule has 1 aliphatic carbocycles. The lowest BCUT2D eigenvalue weighted by Gasteiger charge is -2.04. The van der Waals surface area contributed by atoms with Gasteiger partial charge in [-0.15, -0.1) is 5.10 Å². The number of thioether (sulfide) groups is 1. The molecule has 0 aromatic carbocycles. The lowest BCUT2D eigenvalue weighted by Crippen LogP contribution is -2.22. The topological polar surface area (TPSA) is 55.6 Å². The molecule has 1 fully saturated rings. The van der Waals surface area contributed by atoms with E-state index in [0.717, 1.165) is 13.1 Å². The van der Waals surface area contributed by atoms with Gasteiger partial charge in [0.05, 0.1) is 13.2 Å². The maximum atomic E-state index is 12.0. The average Bonchev–Trinajstić information content (AvgIpc) is 2.95. The largest absolute Gasteiger partial charge is 0.312 e. The number of halogens is 1. The van der Waals surface area contributed by atoms with Gasteiger partial charge in [0, 0.05) is 18.3 Å². The molecule has 1 aromatic heterocycles. The lowest BCUT2D eigenvalue weighted by atomic mass is 10.6. The van der Waals surface area contributed by atoms with E-state index in [1.165, 1.54) is 24.6 Å². The summed E-state index contributed by atoms with van der Waals surface area (Å²) in [4.78, 5) is 0. The van der Waals surface area contributed by atoms with Gasteiger partial charge in [0.25, 0.3) is 0 Å². The molecule has 0 unspecified atom stereocenters. The second kappa shape index (κ2) is 5.41. The molecule has 1 aliphatic rings. The van der Waals surface area contributed by atoms with E-state index >= 15 is 0 Å². The molecule has 0 radical (unpaired) electrons. The minimum Gasteiger partial charge on any atom is -0.312 e. The third kappa shape index (κ3) is 3.42. The zero-order valence-electron chi connectivity index (χ0n) is 8.40. The van der Waals surface area contributed by atoms with Crippen molar-refractivity contribution >= 4 is 11.8 Å². The summed E-state index contributed by atoms with van der Waals surface area (Å²) in [5, 5.41) is 15.4. The van der Waals surface area contributed by atoms with Gasteiger partial charge in [-0.3, -0.25) is 4.39 Å². The number of hydrogen-bond acceptors (Lipinski definition) is 5. The maximum absolute atomic E-state index is 12.0. The molecule has 0 aliphatic heterocycles. The predicted octanol–water partition coefficient (Wildman–Crippen LogP) is 0.487. The van der Waals surface area contributed by atoms with E-state index < -0.39 is 0 Å². The van der Waals surface area contributed by atoms with Crippen LogP contribution in [-0.2, 0) is 6.54 Å². The molecular formula is C8H14FN5S. The number of nitrogens with one attached hydrogen (secondary N) is 1. The summed E-state index contributed by atoms with van der Waals surface area (Å²) in [7, 11) is 0. The Kier molecular flexibility index (Phi) is 3.90. The number of rotatable bonds is 7. The number of hydrogen-bond donors (Lipinski definition) is 1. The first kappa shape index (κ1) is 10.8. The van der Waals surface area contributed by atoms with Gasteiger partial charge in [0.15, 0.2) is 0 Å². The Balaban J connectivity index is 1.75. The molecule has 0 amide bonds. The van der Waals surface area contributed by atoms with Crippen LogP contribution in [0.15, 0.2) is 5.16 Å². The van der Waals surface area contributed by atoms with Gasteiger partial charge in [-0.2, -0.15) is 0 Å². The third-order valence-corrected chi connectivity index (χ3v) is 3.05. The highest BCUT2D eigenvalue weighted by Crippen LogP contribution is 2.18. The smallest absolute Gasteiger partial charge is 0.209 e. The Labute approximate surface area is 91.8 Å². The van der Waals surface area contributed by atoms with Crippen molar-refractivity contribution in [2.75, 3.05) is 19.0 Å².